The Kier molecular flexibility index (Phi) is 6.56. The minimum Gasteiger partial charge on any atom is -0.337 e. The highest BCUT2D eigenvalue weighted by molar-refractivity contribution is 7.84. The molecule has 0 saturated carbocycles. The number of amides is 1. The van der Waals surface area contributed by atoms with Crippen LogP contribution in [-0.4, -0.2) is 42.6 Å². The molecule has 1 aliphatic heterocycles. The van der Waals surface area contributed by atoms with Gasteiger partial charge in [0.25, 0.3) is 5.91 Å². The summed E-state index contributed by atoms with van der Waals surface area (Å²) in [6.45, 7) is 8.71. The summed E-state index contributed by atoms with van der Waals surface area (Å²) in [7, 11) is -1.23. The van der Waals surface area contributed by atoms with Crippen molar-refractivity contribution in [1.29, 1.82) is 0 Å². The SMILES string of the molecule is Cc1cc(C(=O)N2CCC3(CC2)Cc2ccccc2[C@H]3N[S@](=O)C(C)(C)C)nn1-c1ccc(F)cc1F. The van der Waals surface area contributed by atoms with Crippen molar-refractivity contribution in [3.8, 4) is 5.69 Å². The molecule has 1 fully saturated rings. The van der Waals surface area contributed by atoms with Crippen LogP contribution in [0.2, 0.25) is 0 Å². The smallest absolute Gasteiger partial charge is 0.274 e. The van der Waals surface area contributed by atoms with Gasteiger partial charge >= 0.3 is 0 Å². The number of likely N-dealkylation sites (tertiary alicyclic amines) is 1. The van der Waals surface area contributed by atoms with Crippen molar-refractivity contribution in [2.45, 2.75) is 57.7 Å². The van der Waals surface area contributed by atoms with Crippen LogP contribution in [0.25, 0.3) is 5.69 Å². The van der Waals surface area contributed by atoms with Gasteiger partial charge < -0.3 is 4.90 Å². The van der Waals surface area contributed by atoms with Gasteiger partial charge in [0.05, 0.1) is 21.8 Å². The number of hydrogen-bond donors (Lipinski definition) is 1. The maximum absolute atomic E-state index is 14.3. The third-order valence-corrected chi connectivity index (χ3v) is 9.16. The summed E-state index contributed by atoms with van der Waals surface area (Å²) < 4.78 is 45.2. The summed E-state index contributed by atoms with van der Waals surface area (Å²) in [5.74, 6) is -1.62. The molecule has 37 heavy (non-hydrogen) atoms. The zero-order chi connectivity index (χ0) is 26.5. The maximum atomic E-state index is 14.3. The van der Waals surface area contributed by atoms with Crippen LogP contribution in [0.15, 0.2) is 48.5 Å². The lowest BCUT2D eigenvalue weighted by molar-refractivity contribution is 0.0522. The van der Waals surface area contributed by atoms with E-state index in [-0.39, 0.29) is 28.7 Å². The predicted molar refractivity (Wildman–Crippen MR) is 140 cm³/mol. The largest absolute Gasteiger partial charge is 0.337 e. The van der Waals surface area contributed by atoms with E-state index in [1.54, 1.807) is 17.9 Å². The van der Waals surface area contributed by atoms with Gasteiger partial charge in [-0.15, -0.1) is 0 Å². The summed E-state index contributed by atoms with van der Waals surface area (Å²) in [5.41, 5.74) is 3.24. The molecule has 2 heterocycles. The first-order chi connectivity index (χ1) is 17.5. The van der Waals surface area contributed by atoms with E-state index in [9.17, 15) is 17.8 Å². The fraction of sp³-hybridized carbons (Fsp3) is 0.429. The number of carbonyl (C=O) groups excluding carboxylic acids is 1. The van der Waals surface area contributed by atoms with Crippen LogP contribution in [0, 0.1) is 24.0 Å². The number of benzene rings is 2. The van der Waals surface area contributed by atoms with Crippen LogP contribution in [0.3, 0.4) is 0 Å². The lowest BCUT2D eigenvalue weighted by Crippen LogP contribution is -2.49. The number of fused-ring (bicyclic) bond motifs is 1. The zero-order valence-corrected chi connectivity index (χ0v) is 22.4. The van der Waals surface area contributed by atoms with E-state index in [1.807, 2.05) is 32.9 Å². The fourth-order valence-electron chi connectivity index (χ4n) is 5.52. The van der Waals surface area contributed by atoms with E-state index in [4.69, 9.17) is 0 Å². The van der Waals surface area contributed by atoms with Crippen molar-refractivity contribution >= 4 is 16.9 Å². The molecule has 2 atom stereocenters. The van der Waals surface area contributed by atoms with Crippen molar-refractivity contribution in [1.82, 2.24) is 19.4 Å². The number of rotatable bonds is 4. The lowest BCUT2D eigenvalue weighted by Gasteiger charge is -2.43. The van der Waals surface area contributed by atoms with Crippen molar-refractivity contribution in [2.24, 2.45) is 5.41 Å². The van der Waals surface area contributed by atoms with Gasteiger partial charge in [-0.1, -0.05) is 24.3 Å². The van der Waals surface area contributed by atoms with E-state index < -0.39 is 27.4 Å². The number of nitrogens with zero attached hydrogens (tertiary/aromatic N) is 3. The highest BCUT2D eigenvalue weighted by atomic mass is 32.2. The second-order valence-electron chi connectivity index (χ2n) is 11.1. The highest BCUT2D eigenvalue weighted by Crippen LogP contribution is 2.52. The molecule has 1 spiro atoms. The molecule has 2 aromatic carbocycles. The van der Waals surface area contributed by atoms with Gasteiger partial charge in [-0.2, -0.15) is 5.10 Å². The Morgan fingerprint density at radius 2 is 1.81 bits per heavy atom. The summed E-state index contributed by atoms with van der Waals surface area (Å²) in [4.78, 5) is 15.2. The van der Waals surface area contributed by atoms with Crippen LogP contribution >= 0.6 is 0 Å². The molecule has 6 nitrogen and oxygen atoms in total. The van der Waals surface area contributed by atoms with Crippen LogP contribution in [0.1, 0.15) is 67.0 Å². The average molecular weight is 527 g/mol. The van der Waals surface area contributed by atoms with Crippen LogP contribution in [-0.2, 0) is 17.4 Å². The summed E-state index contributed by atoms with van der Waals surface area (Å²) in [6, 6.07) is 13.2. The Bertz CT molecular complexity index is 1370. The van der Waals surface area contributed by atoms with Gasteiger partial charge in [-0.05, 0) is 81.7 Å². The second kappa shape index (κ2) is 9.44. The Morgan fingerprint density at radius 1 is 1.11 bits per heavy atom. The number of hydrogen-bond acceptors (Lipinski definition) is 3. The van der Waals surface area contributed by atoms with Crippen molar-refractivity contribution in [3.05, 3.63) is 82.7 Å². The molecule has 1 aromatic heterocycles. The third kappa shape index (κ3) is 4.75. The molecule has 1 amide bonds. The first-order valence-corrected chi connectivity index (χ1v) is 13.7. The number of nitrogens with one attached hydrogen (secondary N) is 1. The Morgan fingerprint density at radius 3 is 2.49 bits per heavy atom. The molecule has 0 radical (unpaired) electrons. The lowest BCUT2D eigenvalue weighted by atomic mass is 9.73. The number of halogens is 2. The molecule has 5 rings (SSSR count). The number of piperidine rings is 1. The molecular weight excluding hydrogens is 494 g/mol. The molecule has 0 unspecified atom stereocenters. The standard InChI is InChI=1S/C28H32F2N4O2S/c1-18-15-23(31-34(18)24-10-9-20(29)16-22(24)30)26(35)33-13-11-28(12-14-33)17-19-7-5-6-8-21(19)25(28)32-37(36)27(2,3)4/h5-10,15-16,25,32H,11-14,17H2,1-4H3/t25-,37-/m1/s1. The van der Waals surface area contributed by atoms with E-state index in [2.05, 4.69) is 22.0 Å². The molecule has 0 bridgehead atoms. The first kappa shape index (κ1) is 25.7. The number of aryl methyl sites for hydroxylation is 1. The van der Waals surface area contributed by atoms with Crippen LogP contribution in [0.4, 0.5) is 8.78 Å². The van der Waals surface area contributed by atoms with Crippen molar-refractivity contribution in [2.75, 3.05) is 13.1 Å². The normalized spacial score (nSPS) is 19.7. The first-order valence-electron chi connectivity index (χ1n) is 12.6. The van der Waals surface area contributed by atoms with E-state index in [0.717, 1.165) is 25.3 Å². The predicted octanol–water partition coefficient (Wildman–Crippen LogP) is 5.03. The van der Waals surface area contributed by atoms with E-state index in [1.165, 1.54) is 27.9 Å². The van der Waals surface area contributed by atoms with Gasteiger partial charge in [0, 0.05) is 24.8 Å². The highest BCUT2D eigenvalue weighted by Gasteiger charge is 2.49. The molecule has 3 aromatic rings. The molecule has 9 heteroatoms. The van der Waals surface area contributed by atoms with Crippen molar-refractivity contribution < 1.29 is 17.8 Å². The molecular formula is C28H32F2N4O2S. The van der Waals surface area contributed by atoms with Crippen molar-refractivity contribution in [3.63, 3.8) is 0 Å². The summed E-state index contributed by atoms with van der Waals surface area (Å²) in [6.07, 6.45) is 2.40. The van der Waals surface area contributed by atoms with Gasteiger partial charge in [0.1, 0.15) is 11.5 Å². The number of aromatic nitrogens is 2. The quantitative estimate of drug-likeness (QED) is 0.519. The Hall–Kier alpha value is -2.91. The third-order valence-electron chi connectivity index (χ3n) is 7.59. The maximum Gasteiger partial charge on any atom is 0.274 e. The summed E-state index contributed by atoms with van der Waals surface area (Å²) >= 11 is 0. The minimum atomic E-state index is -1.23. The molecule has 2 aliphatic rings. The van der Waals surface area contributed by atoms with E-state index >= 15 is 0 Å². The Labute approximate surface area is 218 Å². The monoisotopic (exact) mass is 526 g/mol. The molecule has 1 N–H and O–H groups in total. The average Bonchev–Trinajstić information content (AvgIpc) is 3.36. The minimum absolute atomic E-state index is 0.0519. The number of carbonyl (C=O) groups is 1. The molecule has 1 aliphatic carbocycles. The van der Waals surface area contributed by atoms with Gasteiger partial charge in [0.2, 0.25) is 0 Å². The topological polar surface area (TPSA) is 67.2 Å². The molecule has 196 valence electrons. The fourth-order valence-corrected chi connectivity index (χ4v) is 6.46. The van der Waals surface area contributed by atoms with E-state index in [0.29, 0.717) is 18.8 Å². The second-order valence-corrected chi connectivity index (χ2v) is 13.1. The van der Waals surface area contributed by atoms with Gasteiger partial charge in [0.15, 0.2) is 11.5 Å². The van der Waals surface area contributed by atoms with Gasteiger partial charge in [-0.25, -0.2) is 22.4 Å². The van der Waals surface area contributed by atoms with Gasteiger partial charge in [-0.3, -0.25) is 4.79 Å². The molecule has 1 saturated heterocycles. The van der Waals surface area contributed by atoms with Crippen LogP contribution in [0.5, 0.6) is 0 Å². The van der Waals surface area contributed by atoms with Crippen LogP contribution < -0.4 is 4.72 Å². The Balaban J connectivity index is 1.35. The summed E-state index contributed by atoms with van der Waals surface area (Å²) in [5, 5.41) is 4.36. The zero-order valence-electron chi connectivity index (χ0n) is 21.6.